The maximum Gasteiger partial charge on any atom is 0.228 e. The molecule has 202 valence electrons. The Morgan fingerprint density at radius 1 is 0.805 bits per heavy atom. The number of fused-ring (bicyclic) bond motifs is 1. The van der Waals surface area contributed by atoms with Crippen molar-refractivity contribution in [2.75, 3.05) is 31.1 Å². The minimum Gasteiger partial charge on any atom is -0.444 e. The maximum absolute atomic E-state index is 6.47. The number of anilines is 1. The average molecular weight is 545 g/mol. The van der Waals surface area contributed by atoms with E-state index in [2.05, 4.69) is 45.8 Å². The number of hydrogen-bond donors (Lipinski definition) is 4. The SMILES string of the molecule is c1c[nH]c(-c2c(-c3ncco3)c(-c3nc4ccccc4o3)c(-c3ccn[nH]3)c(-c3cn[nH]n3)c2N2CCNCC2)c1. The zero-order valence-corrected chi connectivity index (χ0v) is 21.8. The van der Waals surface area contributed by atoms with Crippen LogP contribution in [0.25, 0.3) is 67.8 Å². The highest BCUT2D eigenvalue weighted by Gasteiger charge is 2.35. The Kier molecular flexibility index (Phi) is 5.48. The first-order valence-electron chi connectivity index (χ1n) is 13.3. The van der Waals surface area contributed by atoms with Gasteiger partial charge >= 0.3 is 0 Å². The van der Waals surface area contributed by atoms with Gasteiger partial charge in [0.2, 0.25) is 11.8 Å². The quantitative estimate of drug-likeness (QED) is 0.233. The Balaban J connectivity index is 1.62. The fourth-order valence-electron chi connectivity index (χ4n) is 5.68. The summed E-state index contributed by atoms with van der Waals surface area (Å²) in [5, 5.41) is 22.6. The Morgan fingerprint density at radius 3 is 2.44 bits per heavy atom. The Bertz CT molecular complexity index is 1790. The van der Waals surface area contributed by atoms with Crippen molar-refractivity contribution in [3.8, 4) is 56.7 Å². The summed E-state index contributed by atoms with van der Waals surface area (Å²) in [4.78, 5) is 15.4. The van der Waals surface area contributed by atoms with Crippen molar-refractivity contribution >= 4 is 16.8 Å². The third-order valence-electron chi connectivity index (χ3n) is 7.37. The summed E-state index contributed by atoms with van der Waals surface area (Å²) < 4.78 is 12.5. The second-order valence-electron chi connectivity index (χ2n) is 9.69. The molecule has 2 aromatic carbocycles. The van der Waals surface area contributed by atoms with Crippen LogP contribution in [0.1, 0.15) is 0 Å². The molecule has 41 heavy (non-hydrogen) atoms. The molecular weight excluding hydrogens is 520 g/mol. The van der Waals surface area contributed by atoms with Gasteiger partial charge in [-0.2, -0.15) is 20.5 Å². The zero-order valence-electron chi connectivity index (χ0n) is 21.8. The van der Waals surface area contributed by atoms with Crippen molar-refractivity contribution in [1.29, 1.82) is 0 Å². The van der Waals surface area contributed by atoms with E-state index < -0.39 is 0 Å². The topological polar surface area (TPSA) is 153 Å². The van der Waals surface area contributed by atoms with Crippen molar-refractivity contribution in [2.45, 2.75) is 0 Å². The summed E-state index contributed by atoms with van der Waals surface area (Å²) in [7, 11) is 0. The van der Waals surface area contributed by atoms with E-state index in [0.717, 1.165) is 71.0 Å². The van der Waals surface area contributed by atoms with Gasteiger partial charge < -0.3 is 24.0 Å². The molecule has 4 N–H and O–H groups in total. The number of aromatic amines is 3. The fourth-order valence-corrected chi connectivity index (χ4v) is 5.68. The van der Waals surface area contributed by atoms with Crippen molar-refractivity contribution in [2.24, 2.45) is 0 Å². The second kappa shape index (κ2) is 9.61. The highest BCUT2D eigenvalue weighted by Crippen LogP contribution is 2.55. The monoisotopic (exact) mass is 544 g/mol. The smallest absolute Gasteiger partial charge is 0.228 e. The van der Waals surface area contributed by atoms with Crippen molar-refractivity contribution in [1.82, 2.24) is 45.9 Å². The molecule has 0 atom stereocenters. The highest BCUT2D eigenvalue weighted by molar-refractivity contribution is 6.11. The zero-order chi connectivity index (χ0) is 27.2. The molecule has 0 amide bonds. The van der Waals surface area contributed by atoms with Gasteiger partial charge in [-0.05, 0) is 30.3 Å². The molecular formula is C29H24N10O2. The van der Waals surface area contributed by atoms with E-state index in [1.165, 1.54) is 0 Å². The Hall–Kier alpha value is -5.49. The maximum atomic E-state index is 6.47. The van der Waals surface area contributed by atoms with Gasteiger partial charge in [0.05, 0.1) is 34.9 Å². The van der Waals surface area contributed by atoms with Gasteiger partial charge in [0.15, 0.2) is 5.58 Å². The van der Waals surface area contributed by atoms with E-state index in [0.29, 0.717) is 28.6 Å². The summed E-state index contributed by atoms with van der Waals surface area (Å²) in [5.74, 6) is 0.865. The second-order valence-corrected chi connectivity index (χ2v) is 9.69. The first-order valence-corrected chi connectivity index (χ1v) is 13.3. The molecule has 1 aliphatic rings. The number of aromatic nitrogens is 8. The van der Waals surface area contributed by atoms with Crippen LogP contribution in [0.15, 0.2) is 82.3 Å². The van der Waals surface area contributed by atoms with Gasteiger partial charge in [0.25, 0.3) is 0 Å². The van der Waals surface area contributed by atoms with E-state index in [9.17, 15) is 0 Å². The van der Waals surface area contributed by atoms with Crippen LogP contribution in [0.3, 0.4) is 0 Å². The van der Waals surface area contributed by atoms with Gasteiger partial charge in [0.1, 0.15) is 17.5 Å². The van der Waals surface area contributed by atoms with Gasteiger partial charge in [0, 0.05) is 61.0 Å². The highest BCUT2D eigenvalue weighted by atomic mass is 16.4. The number of para-hydroxylation sites is 2. The molecule has 6 heterocycles. The largest absolute Gasteiger partial charge is 0.444 e. The van der Waals surface area contributed by atoms with Crippen LogP contribution in [-0.4, -0.2) is 66.7 Å². The fraction of sp³-hybridized carbons (Fsp3) is 0.138. The molecule has 0 radical (unpaired) electrons. The van der Waals surface area contributed by atoms with Crippen LogP contribution >= 0.6 is 0 Å². The molecule has 0 aliphatic carbocycles. The van der Waals surface area contributed by atoms with Gasteiger partial charge in [-0.15, -0.1) is 0 Å². The van der Waals surface area contributed by atoms with E-state index in [4.69, 9.17) is 13.8 Å². The van der Waals surface area contributed by atoms with Crippen LogP contribution in [-0.2, 0) is 0 Å². The molecule has 0 saturated carbocycles. The summed E-state index contributed by atoms with van der Waals surface area (Å²) in [5.41, 5.74) is 8.74. The van der Waals surface area contributed by atoms with Gasteiger partial charge in [-0.1, -0.05) is 12.1 Å². The lowest BCUT2D eigenvalue weighted by molar-refractivity contribution is 0.573. The summed E-state index contributed by atoms with van der Waals surface area (Å²) in [6.45, 7) is 3.24. The lowest BCUT2D eigenvalue weighted by Gasteiger charge is -2.34. The molecule has 0 spiro atoms. The molecule has 12 nitrogen and oxygen atoms in total. The number of hydrogen-bond acceptors (Lipinski definition) is 9. The average Bonchev–Trinajstić information content (AvgIpc) is 3.86. The first-order chi connectivity index (χ1) is 20.4. The molecule has 5 aromatic heterocycles. The van der Waals surface area contributed by atoms with E-state index in [-0.39, 0.29) is 0 Å². The van der Waals surface area contributed by atoms with Crippen LogP contribution in [0.4, 0.5) is 5.69 Å². The minimum absolute atomic E-state index is 0.424. The molecule has 0 bridgehead atoms. The number of nitrogens with zero attached hydrogens (tertiary/aromatic N) is 6. The summed E-state index contributed by atoms with van der Waals surface area (Å²) in [6.07, 6.45) is 8.60. The molecule has 1 aliphatic heterocycles. The van der Waals surface area contributed by atoms with Gasteiger partial charge in [-0.3, -0.25) is 5.10 Å². The van der Waals surface area contributed by atoms with Crippen LogP contribution in [0.5, 0.6) is 0 Å². The minimum atomic E-state index is 0.424. The molecule has 1 fully saturated rings. The number of H-pyrrole nitrogens is 3. The van der Waals surface area contributed by atoms with Crippen molar-refractivity contribution in [3.05, 3.63) is 73.5 Å². The van der Waals surface area contributed by atoms with Crippen molar-refractivity contribution in [3.63, 3.8) is 0 Å². The molecule has 12 heteroatoms. The normalized spacial score (nSPS) is 13.8. The summed E-state index contributed by atoms with van der Waals surface area (Å²) in [6, 6.07) is 13.7. The Labute approximate surface area is 232 Å². The lowest BCUT2D eigenvalue weighted by Crippen LogP contribution is -2.44. The number of piperazine rings is 1. The summed E-state index contributed by atoms with van der Waals surface area (Å²) >= 11 is 0. The van der Waals surface area contributed by atoms with Crippen LogP contribution in [0, 0.1) is 0 Å². The molecule has 0 unspecified atom stereocenters. The number of rotatable bonds is 6. The predicted molar refractivity (Wildman–Crippen MR) is 153 cm³/mol. The van der Waals surface area contributed by atoms with E-state index in [1.54, 1.807) is 24.9 Å². The molecule has 7 aromatic rings. The number of benzene rings is 2. The van der Waals surface area contributed by atoms with E-state index >= 15 is 0 Å². The molecule has 1 saturated heterocycles. The first kappa shape index (κ1) is 23.4. The van der Waals surface area contributed by atoms with Crippen molar-refractivity contribution < 1.29 is 8.83 Å². The lowest BCUT2D eigenvalue weighted by atomic mass is 9.84. The number of nitrogens with one attached hydrogen (secondary N) is 4. The van der Waals surface area contributed by atoms with Gasteiger partial charge in [-0.25, -0.2) is 9.97 Å². The van der Waals surface area contributed by atoms with E-state index in [1.807, 2.05) is 48.7 Å². The third-order valence-corrected chi connectivity index (χ3v) is 7.37. The third kappa shape index (κ3) is 3.84. The number of oxazole rings is 2. The standard InChI is InChI=1S/C29H24N10O2/c1-2-6-21-17(4-1)35-29(41-21)25-22(19-7-9-33-36-19)24(20-16-34-38-37-20)27(39-13-10-30-11-14-39)23(18-5-3-8-31-18)26(25)28-32-12-15-40-28/h1-9,12,15-16,30-31H,10-11,13-14H2,(H,33,36)(H,34,37,38). The molecule has 8 rings (SSSR count). The predicted octanol–water partition coefficient (Wildman–Crippen LogP) is 4.73. The van der Waals surface area contributed by atoms with Crippen LogP contribution < -0.4 is 10.2 Å². The Morgan fingerprint density at radius 2 is 1.71 bits per heavy atom. The van der Waals surface area contributed by atoms with Crippen LogP contribution in [0.2, 0.25) is 0 Å².